The molecule has 0 radical (unpaired) electrons. The largest absolute Gasteiger partial charge is 0.397 e. The first kappa shape index (κ1) is 7.67. The lowest BCUT2D eigenvalue weighted by Crippen LogP contribution is -2.05. The maximum atomic E-state index is 11.0. The number of fused-ring (bicyclic) bond motifs is 1. The molecule has 13 heavy (non-hydrogen) atoms. The van der Waals surface area contributed by atoms with Crippen LogP contribution in [0.2, 0.25) is 0 Å². The topological polar surface area (TPSA) is 84.9 Å². The Morgan fingerprint density at radius 3 is 2.54 bits per heavy atom. The SMILES string of the molecule is Nc1ccc2ccc(=O)[nH]c2c1N. The average Bonchev–Trinajstić information content (AvgIpc) is 2.12. The van der Waals surface area contributed by atoms with Gasteiger partial charge < -0.3 is 16.5 Å². The van der Waals surface area contributed by atoms with Gasteiger partial charge in [0.2, 0.25) is 5.56 Å². The van der Waals surface area contributed by atoms with Crippen molar-refractivity contribution in [1.82, 2.24) is 4.98 Å². The molecule has 2 rings (SSSR count). The zero-order valence-electron chi connectivity index (χ0n) is 6.87. The third-order valence-corrected chi connectivity index (χ3v) is 1.97. The number of aromatic amines is 1. The van der Waals surface area contributed by atoms with Crippen LogP contribution in [0.15, 0.2) is 29.1 Å². The Labute approximate surface area is 74.2 Å². The maximum Gasteiger partial charge on any atom is 0.248 e. The molecule has 5 N–H and O–H groups in total. The molecular formula is C9H9N3O. The molecule has 0 saturated heterocycles. The molecule has 0 atom stereocenters. The normalized spacial score (nSPS) is 10.5. The summed E-state index contributed by atoms with van der Waals surface area (Å²) >= 11 is 0. The third kappa shape index (κ3) is 1.12. The number of aromatic nitrogens is 1. The average molecular weight is 175 g/mol. The maximum absolute atomic E-state index is 11.0. The van der Waals surface area contributed by atoms with E-state index in [2.05, 4.69) is 4.98 Å². The van der Waals surface area contributed by atoms with Crippen molar-refractivity contribution in [3.63, 3.8) is 0 Å². The van der Waals surface area contributed by atoms with Gasteiger partial charge in [-0.2, -0.15) is 0 Å². The van der Waals surface area contributed by atoms with Crippen LogP contribution >= 0.6 is 0 Å². The van der Waals surface area contributed by atoms with E-state index >= 15 is 0 Å². The second-order valence-corrected chi connectivity index (χ2v) is 2.86. The summed E-state index contributed by atoms with van der Waals surface area (Å²) in [6.45, 7) is 0. The molecule has 1 aromatic heterocycles. The van der Waals surface area contributed by atoms with Gasteiger partial charge in [-0.25, -0.2) is 0 Å². The van der Waals surface area contributed by atoms with Crippen LogP contribution in [0.4, 0.5) is 11.4 Å². The van der Waals surface area contributed by atoms with Crippen LogP contribution in [-0.4, -0.2) is 4.98 Å². The van der Waals surface area contributed by atoms with E-state index in [1.165, 1.54) is 6.07 Å². The van der Waals surface area contributed by atoms with Crippen molar-refractivity contribution < 1.29 is 0 Å². The molecule has 0 amide bonds. The number of hydrogen-bond donors (Lipinski definition) is 3. The van der Waals surface area contributed by atoms with E-state index in [1.807, 2.05) is 6.07 Å². The first-order valence-corrected chi connectivity index (χ1v) is 3.85. The van der Waals surface area contributed by atoms with Crippen molar-refractivity contribution in [2.45, 2.75) is 0 Å². The van der Waals surface area contributed by atoms with Crippen molar-refractivity contribution >= 4 is 22.3 Å². The van der Waals surface area contributed by atoms with Gasteiger partial charge in [-0.3, -0.25) is 4.79 Å². The molecule has 0 spiro atoms. The quantitative estimate of drug-likeness (QED) is 0.515. The molecule has 4 heteroatoms. The predicted molar refractivity (Wildman–Crippen MR) is 53.4 cm³/mol. The lowest BCUT2D eigenvalue weighted by atomic mass is 10.1. The summed E-state index contributed by atoms with van der Waals surface area (Å²) < 4.78 is 0. The Morgan fingerprint density at radius 1 is 1.08 bits per heavy atom. The van der Waals surface area contributed by atoms with Gasteiger partial charge in [0.15, 0.2) is 0 Å². The monoisotopic (exact) mass is 175 g/mol. The molecule has 2 aromatic rings. The number of benzene rings is 1. The zero-order chi connectivity index (χ0) is 9.42. The highest BCUT2D eigenvalue weighted by Gasteiger charge is 2.01. The highest BCUT2D eigenvalue weighted by molar-refractivity contribution is 5.95. The molecule has 66 valence electrons. The van der Waals surface area contributed by atoms with Crippen molar-refractivity contribution in [3.05, 3.63) is 34.6 Å². The standard InChI is InChI=1S/C9H9N3O/c10-6-3-1-5-2-4-7(13)12-9(5)8(6)11/h1-4H,10-11H2,(H,12,13). The van der Waals surface area contributed by atoms with E-state index in [-0.39, 0.29) is 5.56 Å². The molecule has 1 heterocycles. The summed E-state index contributed by atoms with van der Waals surface area (Å²) in [4.78, 5) is 13.6. The lowest BCUT2D eigenvalue weighted by Gasteiger charge is -2.03. The molecule has 1 aromatic carbocycles. The van der Waals surface area contributed by atoms with E-state index in [0.29, 0.717) is 16.9 Å². The van der Waals surface area contributed by atoms with E-state index in [9.17, 15) is 4.79 Å². The van der Waals surface area contributed by atoms with Gasteiger partial charge in [-0.15, -0.1) is 0 Å². The van der Waals surface area contributed by atoms with E-state index in [1.54, 1.807) is 12.1 Å². The Morgan fingerprint density at radius 2 is 1.77 bits per heavy atom. The molecule has 0 aliphatic heterocycles. The third-order valence-electron chi connectivity index (χ3n) is 1.97. The summed E-state index contributed by atoms with van der Waals surface area (Å²) in [5, 5.41) is 0.881. The van der Waals surface area contributed by atoms with Crippen LogP contribution in [0.1, 0.15) is 0 Å². The van der Waals surface area contributed by atoms with Crippen LogP contribution in [0.3, 0.4) is 0 Å². The molecular weight excluding hydrogens is 166 g/mol. The van der Waals surface area contributed by atoms with Crippen LogP contribution in [0, 0.1) is 0 Å². The summed E-state index contributed by atoms with van der Waals surface area (Å²) in [5.41, 5.74) is 12.6. The van der Waals surface area contributed by atoms with E-state index in [4.69, 9.17) is 11.5 Å². The van der Waals surface area contributed by atoms with Gasteiger partial charge >= 0.3 is 0 Å². The summed E-state index contributed by atoms with van der Waals surface area (Å²) in [6.07, 6.45) is 0. The van der Waals surface area contributed by atoms with Gasteiger partial charge in [-0.05, 0) is 12.1 Å². The van der Waals surface area contributed by atoms with Crippen molar-refractivity contribution in [2.24, 2.45) is 0 Å². The fraction of sp³-hybridized carbons (Fsp3) is 0. The minimum absolute atomic E-state index is 0.176. The summed E-state index contributed by atoms with van der Waals surface area (Å²) in [5.74, 6) is 0. The van der Waals surface area contributed by atoms with Crippen LogP contribution < -0.4 is 17.0 Å². The Hall–Kier alpha value is -1.97. The molecule has 0 aliphatic carbocycles. The van der Waals surface area contributed by atoms with Crippen LogP contribution in [-0.2, 0) is 0 Å². The fourth-order valence-electron chi connectivity index (χ4n) is 1.26. The molecule has 0 unspecified atom stereocenters. The Bertz CT molecular complexity index is 516. The van der Waals surface area contributed by atoms with Crippen LogP contribution in [0.25, 0.3) is 10.9 Å². The number of rotatable bonds is 0. The van der Waals surface area contributed by atoms with Crippen LogP contribution in [0.5, 0.6) is 0 Å². The van der Waals surface area contributed by atoms with Gasteiger partial charge in [-0.1, -0.05) is 6.07 Å². The summed E-state index contributed by atoms with van der Waals surface area (Å²) in [6, 6.07) is 6.70. The second-order valence-electron chi connectivity index (χ2n) is 2.86. The van der Waals surface area contributed by atoms with Gasteiger partial charge in [0.25, 0.3) is 0 Å². The second kappa shape index (κ2) is 2.52. The molecule has 0 bridgehead atoms. The van der Waals surface area contributed by atoms with E-state index in [0.717, 1.165) is 5.39 Å². The fourth-order valence-corrected chi connectivity index (χ4v) is 1.26. The van der Waals surface area contributed by atoms with Crippen molar-refractivity contribution in [2.75, 3.05) is 11.5 Å². The first-order chi connectivity index (χ1) is 6.18. The van der Waals surface area contributed by atoms with Crippen molar-refractivity contribution in [1.29, 1.82) is 0 Å². The van der Waals surface area contributed by atoms with Crippen molar-refractivity contribution in [3.8, 4) is 0 Å². The van der Waals surface area contributed by atoms with Gasteiger partial charge in [0.1, 0.15) is 0 Å². The Balaban J connectivity index is 2.97. The number of hydrogen-bond acceptors (Lipinski definition) is 3. The predicted octanol–water partition coefficient (Wildman–Crippen LogP) is 0.693. The molecule has 4 nitrogen and oxygen atoms in total. The number of nitrogens with two attached hydrogens (primary N) is 2. The number of pyridine rings is 1. The number of H-pyrrole nitrogens is 1. The number of nitrogen functional groups attached to an aromatic ring is 2. The van der Waals surface area contributed by atoms with Gasteiger partial charge in [0, 0.05) is 11.5 Å². The Kier molecular flexibility index (Phi) is 1.48. The molecule has 0 aliphatic rings. The molecule has 0 fully saturated rings. The van der Waals surface area contributed by atoms with E-state index < -0.39 is 0 Å². The molecule has 0 saturated carbocycles. The number of anilines is 2. The summed E-state index contributed by atoms with van der Waals surface area (Å²) in [7, 11) is 0. The van der Waals surface area contributed by atoms with Gasteiger partial charge in [0.05, 0.1) is 16.9 Å². The highest BCUT2D eigenvalue weighted by atomic mass is 16.1. The minimum atomic E-state index is -0.176. The minimum Gasteiger partial charge on any atom is -0.397 e. The number of nitrogens with one attached hydrogen (secondary N) is 1. The highest BCUT2D eigenvalue weighted by Crippen LogP contribution is 2.22. The smallest absolute Gasteiger partial charge is 0.248 e. The first-order valence-electron chi connectivity index (χ1n) is 3.85. The zero-order valence-corrected chi connectivity index (χ0v) is 6.87. The lowest BCUT2D eigenvalue weighted by molar-refractivity contribution is 1.31.